The first-order valence-corrected chi connectivity index (χ1v) is 35.1. The number of unbranched alkanes of at least 4 members (excludes halogenated alkanes) is 53. The van der Waals surface area contributed by atoms with Gasteiger partial charge in [0.05, 0.1) is 25.4 Å². The van der Waals surface area contributed by atoms with Gasteiger partial charge in [0.15, 0.2) is 0 Å². The molecule has 0 aliphatic heterocycles. The average molecular weight is 1080 g/mol. The highest BCUT2D eigenvalue weighted by molar-refractivity contribution is 5.76. The molecule has 0 bridgehead atoms. The van der Waals surface area contributed by atoms with Crippen molar-refractivity contribution in [1.29, 1.82) is 0 Å². The van der Waals surface area contributed by atoms with Crippen LogP contribution in [0.5, 0.6) is 0 Å². The average Bonchev–Trinajstić information content (AvgIpc) is 3.43. The van der Waals surface area contributed by atoms with Crippen LogP contribution in [0.4, 0.5) is 0 Å². The SMILES string of the molecule is CCCCCCCCC/C=C\CCCCCCCCCC(=O)OCCCCCCCCCCCCCCCCCCCCCCCCCCCCCCCCCC(=O)NC(CO)C(O)/C=C/CCCCCCCCCCC. The summed E-state index contributed by atoms with van der Waals surface area (Å²) in [6, 6.07) is -0.623. The second kappa shape index (κ2) is 66.8. The smallest absolute Gasteiger partial charge is 0.305 e. The van der Waals surface area contributed by atoms with Crippen molar-refractivity contribution in [3.05, 3.63) is 24.3 Å². The molecule has 0 spiro atoms. The summed E-state index contributed by atoms with van der Waals surface area (Å²) in [5.74, 6) is -0.0454. The van der Waals surface area contributed by atoms with E-state index < -0.39 is 12.1 Å². The molecule has 0 rings (SSSR count). The fourth-order valence-corrected chi connectivity index (χ4v) is 11.1. The minimum absolute atomic E-state index is 0.0180. The molecule has 0 aliphatic rings. The van der Waals surface area contributed by atoms with E-state index in [1.54, 1.807) is 6.08 Å². The Bertz CT molecular complexity index is 1200. The van der Waals surface area contributed by atoms with Gasteiger partial charge in [-0.3, -0.25) is 9.59 Å². The first-order chi connectivity index (χ1) is 38.0. The van der Waals surface area contributed by atoms with Crippen LogP contribution in [0.15, 0.2) is 24.3 Å². The van der Waals surface area contributed by atoms with Gasteiger partial charge in [-0.25, -0.2) is 0 Å². The highest BCUT2D eigenvalue weighted by Gasteiger charge is 2.18. The number of hydrogen-bond acceptors (Lipinski definition) is 5. The van der Waals surface area contributed by atoms with Gasteiger partial charge in [0.25, 0.3) is 0 Å². The molecular formula is C71H137NO5. The van der Waals surface area contributed by atoms with Crippen LogP contribution >= 0.6 is 0 Å². The molecule has 456 valence electrons. The third-order valence-electron chi connectivity index (χ3n) is 16.5. The topological polar surface area (TPSA) is 95.9 Å². The maximum absolute atomic E-state index is 12.4. The van der Waals surface area contributed by atoms with Crippen molar-refractivity contribution >= 4 is 11.9 Å². The first kappa shape index (κ1) is 75.3. The Hall–Kier alpha value is -1.66. The molecule has 0 aromatic heterocycles. The standard InChI is InChI=1S/C71H137NO5/c1-3-5-7-9-11-13-15-16-17-18-35-38-41-45-49-53-57-61-65-71(76)77-66-62-58-54-50-46-42-39-36-33-31-29-27-25-23-21-19-20-22-24-26-28-30-32-34-37-40-44-48-52-56-60-64-70(75)72-68(67-73)69(74)63-59-55-51-47-43-14-12-10-8-6-4-2/h17-18,59,63,68-69,73-74H,3-16,19-58,60-62,64-67H2,1-2H3,(H,72,75)/b18-17-,63-59+. The summed E-state index contributed by atoms with van der Waals surface area (Å²) in [5.41, 5.74) is 0. The molecule has 1 amide bonds. The van der Waals surface area contributed by atoms with Crippen LogP contribution in [0.3, 0.4) is 0 Å². The van der Waals surface area contributed by atoms with Crippen LogP contribution in [-0.2, 0) is 14.3 Å². The van der Waals surface area contributed by atoms with Gasteiger partial charge in [0.2, 0.25) is 5.91 Å². The molecule has 0 saturated heterocycles. The number of amides is 1. The number of carbonyl (C=O) groups is 2. The fourth-order valence-electron chi connectivity index (χ4n) is 11.1. The highest BCUT2D eigenvalue weighted by Crippen LogP contribution is 2.19. The predicted molar refractivity (Wildman–Crippen MR) is 338 cm³/mol. The van der Waals surface area contributed by atoms with E-state index in [-0.39, 0.29) is 18.5 Å². The van der Waals surface area contributed by atoms with Crippen molar-refractivity contribution in [3.63, 3.8) is 0 Å². The lowest BCUT2D eigenvalue weighted by Gasteiger charge is -2.20. The van der Waals surface area contributed by atoms with Gasteiger partial charge in [-0.2, -0.15) is 0 Å². The minimum Gasteiger partial charge on any atom is -0.466 e. The lowest BCUT2D eigenvalue weighted by Crippen LogP contribution is -2.45. The number of aliphatic hydroxyl groups is 2. The number of allylic oxidation sites excluding steroid dienone is 3. The molecule has 3 N–H and O–H groups in total. The lowest BCUT2D eigenvalue weighted by molar-refractivity contribution is -0.143. The van der Waals surface area contributed by atoms with E-state index in [1.165, 1.54) is 321 Å². The van der Waals surface area contributed by atoms with Crippen molar-refractivity contribution in [1.82, 2.24) is 5.32 Å². The van der Waals surface area contributed by atoms with Gasteiger partial charge in [0.1, 0.15) is 0 Å². The summed E-state index contributed by atoms with van der Waals surface area (Å²) < 4.78 is 5.51. The van der Waals surface area contributed by atoms with Crippen molar-refractivity contribution in [2.24, 2.45) is 0 Å². The van der Waals surface area contributed by atoms with Crippen LogP contribution in [-0.4, -0.2) is 47.4 Å². The number of aliphatic hydroxyl groups excluding tert-OH is 2. The Morgan fingerprint density at radius 1 is 0.351 bits per heavy atom. The van der Waals surface area contributed by atoms with E-state index >= 15 is 0 Å². The largest absolute Gasteiger partial charge is 0.466 e. The monoisotopic (exact) mass is 1080 g/mol. The van der Waals surface area contributed by atoms with Crippen molar-refractivity contribution < 1.29 is 24.5 Å². The highest BCUT2D eigenvalue weighted by atomic mass is 16.5. The molecule has 0 radical (unpaired) electrons. The van der Waals surface area contributed by atoms with Gasteiger partial charge in [0, 0.05) is 12.8 Å². The third kappa shape index (κ3) is 63.4. The first-order valence-electron chi connectivity index (χ1n) is 35.1. The van der Waals surface area contributed by atoms with Gasteiger partial charge in [-0.05, 0) is 57.8 Å². The maximum Gasteiger partial charge on any atom is 0.305 e. The predicted octanol–water partition coefficient (Wildman–Crippen LogP) is 22.5. The van der Waals surface area contributed by atoms with Crippen LogP contribution in [0.25, 0.3) is 0 Å². The summed E-state index contributed by atoms with van der Waals surface area (Å²) in [6.07, 6.45) is 84.1. The molecule has 0 heterocycles. The van der Waals surface area contributed by atoms with Crippen LogP contribution in [0, 0.1) is 0 Å². The molecule has 0 fully saturated rings. The van der Waals surface area contributed by atoms with E-state index in [0.29, 0.717) is 19.4 Å². The zero-order valence-corrected chi connectivity index (χ0v) is 52.2. The van der Waals surface area contributed by atoms with Crippen molar-refractivity contribution in [2.45, 2.75) is 405 Å². The number of esters is 1. The summed E-state index contributed by atoms with van der Waals surface area (Å²) in [7, 11) is 0. The Labute approximate surface area is 481 Å². The van der Waals surface area contributed by atoms with Crippen molar-refractivity contribution in [3.8, 4) is 0 Å². The number of hydrogen-bond donors (Lipinski definition) is 3. The molecule has 2 unspecified atom stereocenters. The molecule has 2 atom stereocenters. The summed E-state index contributed by atoms with van der Waals surface area (Å²) in [6.45, 7) is 4.92. The molecular weight excluding hydrogens is 947 g/mol. The zero-order chi connectivity index (χ0) is 55.7. The summed E-state index contributed by atoms with van der Waals surface area (Å²) >= 11 is 0. The number of rotatable bonds is 66. The van der Waals surface area contributed by atoms with E-state index in [1.807, 2.05) is 6.08 Å². The van der Waals surface area contributed by atoms with E-state index in [2.05, 4.69) is 31.3 Å². The molecule has 0 aromatic rings. The fraction of sp³-hybridized carbons (Fsp3) is 0.915. The van der Waals surface area contributed by atoms with Gasteiger partial charge in [-0.15, -0.1) is 0 Å². The van der Waals surface area contributed by atoms with Crippen LogP contribution < -0.4 is 5.32 Å². The Morgan fingerprint density at radius 2 is 0.610 bits per heavy atom. The molecule has 0 saturated carbocycles. The van der Waals surface area contributed by atoms with E-state index in [9.17, 15) is 19.8 Å². The lowest BCUT2D eigenvalue weighted by atomic mass is 10.0. The Balaban J connectivity index is 3.30. The summed E-state index contributed by atoms with van der Waals surface area (Å²) in [4.78, 5) is 24.5. The second-order valence-electron chi connectivity index (χ2n) is 24.2. The van der Waals surface area contributed by atoms with Crippen LogP contribution in [0.1, 0.15) is 393 Å². The Kier molecular flexibility index (Phi) is 65.4. The second-order valence-corrected chi connectivity index (χ2v) is 24.2. The molecule has 0 aromatic carbocycles. The number of nitrogens with one attached hydrogen (secondary N) is 1. The zero-order valence-electron chi connectivity index (χ0n) is 52.2. The van der Waals surface area contributed by atoms with E-state index in [0.717, 1.165) is 44.9 Å². The van der Waals surface area contributed by atoms with Gasteiger partial charge < -0.3 is 20.3 Å². The van der Waals surface area contributed by atoms with Gasteiger partial charge >= 0.3 is 5.97 Å². The van der Waals surface area contributed by atoms with E-state index in [4.69, 9.17) is 4.74 Å². The molecule has 6 nitrogen and oxygen atoms in total. The third-order valence-corrected chi connectivity index (χ3v) is 16.5. The number of ether oxygens (including phenoxy) is 1. The quantitative estimate of drug-likeness (QED) is 0.0320. The summed E-state index contributed by atoms with van der Waals surface area (Å²) in [5, 5.41) is 23.1. The van der Waals surface area contributed by atoms with Gasteiger partial charge in [-0.1, -0.05) is 346 Å². The van der Waals surface area contributed by atoms with Crippen molar-refractivity contribution in [2.75, 3.05) is 13.2 Å². The molecule has 6 heteroatoms. The normalized spacial score (nSPS) is 12.6. The number of carbonyl (C=O) groups excluding carboxylic acids is 2. The molecule has 0 aliphatic carbocycles. The van der Waals surface area contributed by atoms with Crippen LogP contribution in [0.2, 0.25) is 0 Å². The molecule has 77 heavy (non-hydrogen) atoms. The minimum atomic E-state index is -0.839. The maximum atomic E-state index is 12.4. The Morgan fingerprint density at radius 3 is 0.922 bits per heavy atom.